The molecule has 6 rings (SSSR count). The Labute approximate surface area is 235 Å². The van der Waals surface area contributed by atoms with Gasteiger partial charge in [-0.25, -0.2) is 9.97 Å². The van der Waals surface area contributed by atoms with Crippen LogP contribution in [0.25, 0.3) is 0 Å². The largest absolute Gasteiger partial charge is 0.490 e. The molecule has 0 radical (unpaired) electrons. The zero-order valence-corrected chi connectivity index (χ0v) is 23.0. The third kappa shape index (κ3) is 5.98. The van der Waals surface area contributed by atoms with Gasteiger partial charge in [-0.1, -0.05) is 11.6 Å². The Hall–Kier alpha value is -2.93. The van der Waals surface area contributed by atoms with Crippen molar-refractivity contribution in [2.24, 2.45) is 17.8 Å². The first-order valence-electron chi connectivity index (χ1n) is 14.2. The fraction of sp³-hybridized carbons (Fsp3) is 0.586. The molecule has 4 fully saturated rings. The van der Waals surface area contributed by atoms with Gasteiger partial charge in [0, 0.05) is 65.0 Å². The van der Waals surface area contributed by atoms with Crippen molar-refractivity contribution in [1.29, 1.82) is 5.26 Å². The number of piperidine rings is 1. The molecular formula is C29H36ClN7O2. The number of aromatic nitrogens is 2. The predicted octanol–water partition coefficient (Wildman–Crippen LogP) is 3.05. The minimum Gasteiger partial charge on any atom is -0.490 e. The number of anilines is 1. The number of carbonyl (C=O) groups is 1. The van der Waals surface area contributed by atoms with E-state index in [0.29, 0.717) is 33.9 Å². The van der Waals surface area contributed by atoms with Gasteiger partial charge in [0.15, 0.2) is 0 Å². The van der Waals surface area contributed by atoms with Crippen molar-refractivity contribution >= 4 is 23.3 Å². The van der Waals surface area contributed by atoms with Crippen LogP contribution in [0.3, 0.4) is 0 Å². The lowest BCUT2D eigenvalue weighted by Gasteiger charge is -2.36. The molecule has 1 N–H and O–H groups in total. The Morgan fingerprint density at radius 2 is 1.82 bits per heavy atom. The van der Waals surface area contributed by atoms with Gasteiger partial charge >= 0.3 is 0 Å². The number of halogens is 1. The maximum absolute atomic E-state index is 13.2. The second-order valence-electron chi connectivity index (χ2n) is 11.4. The lowest BCUT2D eigenvalue weighted by Crippen LogP contribution is -2.47. The summed E-state index contributed by atoms with van der Waals surface area (Å²) in [6, 6.07) is 7.27. The van der Waals surface area contributed by atoms with Gasteiger partial charge in [0.2, 0.25) is 0 Å². The van der Waals surface area contributed by atoms with E-state index in [0.717, 1.165) is 76.9 Å². The number of nitrogens with zero attached hydrogens (tertiary/aromatic N) is 6. The van der Waals surface area contributed by atoms with Crippen molar-refractivity contribution < 1.29 is 9.53 Å². The van der Waals surface area contributed by atoms with Crippen LogP contribution in [-0.2, 0) is 0 Å². The van der Waals surface area contributed by atoms with E-state index in [9.17, 15) is 4.79 Å². The molecule has 39 heavy (non-hydrogen) atoms. The molecular weight excluding hydrogens is 514 g/mol. The maximum atomic E-state index is 13.2. The van der Waals surface area contributed by atoms with Crippen molar-refractivity contribution in [3.63, 3.8) is 0 Å². The summed E-state index contributed by atoms with van der Waals surface area (Å²) in [6.07, 6.45) is 7.67. The highest BCUT2D eigenvalue weighted by Crippen LogP contribution is 2.40. The SMILES string of the molecule is N#Cc1ccc(O[C@@H]2C[C@@H]3CN(C(=O)c4cnc(N5CCC(CN6CCNCC6)CC5)cn4)C[C@@H]3C2)cc1Cl. The van der Waals surface area contributed by atoms with Crippen LogP contribution in [-0.4, -0.2) is 90.7 Å². The van der Waals surface area contributed by atoms with Gasteiger partial charge in [-0.2, -0.15) is 5.26 Å². The minimum atomic E-state index is -0.0329. The molecule has 206 valence electrons. The number of likely N-dealkylation sites (tertiary alicyclic amines) is 1. The summed E-state index contributed by atoms with van der Waals surface area (Å²) in [5.74, 6) is 3.11. The van der Waals surface area contributed by atoms with Crippen LogP contribution in [0.5, 0.6) is 5.75 Å². The van der Waals surface area contributed by atoms with Gasteiger partial charge in [-0.05, 0) is 55.6 Å². The van der Waals surface area contributed by atoms with Crippen molar-refractivity contribution in [2.45, 2.75) is 31.8 Å². The van der Waals surface area contributed by atoms with Gasteiger partial charge in [0.25, 0.3) is 5.91 Å². The van der Waals surface area contributed by atoms with Crippen molar-refractivity contribution in [3.05, 3.63) is 46.9 Å². The van der Waals surface area contributed by atoms with E-state index in [2.05, 4.69) is 31.2 Å². The topological polar surface area (TPSA) is 97.6 Å². The highest BCUT2D eigenvalue weighted by atomic mass is 35.5. The molecule has 0 spiro atoms. The number of hydrogen-bond acceptors (Lipinski definition) is 8. The van der Waals surface area contributed by atoms with Crippen LogP contribution in [0.4, 0.5) is 5.82 Å². The molecule has 4 aliphatic rings. The fourth-order valence-electron chi connectivity index (χ4n) is 6.72. The van der Waals surface area contributed by atoms with Gasteiger partial charge in [-0.15, -0.1) is 0 Å². The molecule has 9 nitrogen and oxygen atoms in total. The Balaban J connectivity index is 0.970. The number of fused-ring (bicyclic) bond motifs is 1. The van der Waals surface area contributed by atoms with E-state index in [-0.39, 0.29) is 12.0 Å². The Bertz CT molecular complexity index is 1190. The number of piperazine rings is 1. The molecule has 3 atom stereocenters. The second-order valence-corrected chi connectivity index (χ2v) is 11.8. The lowest BCUT2D eigenvalue weighted by molar-refractivity contribution is 0.0763. The molecule has 1 saturated carbocycles. The molecule has 4 heterocycles. The van der Waals surface area contributed by atoms with E-state index in [1.807, 2.05) is 4.90 Å². The van der Waals surface area contributed by atoms with E-state index >= 15 is 0 Å². The number of ether oxygens (including phenoxy) is 1. The van der Waals surface area contributed by atoms with Crippen LogP contribution in [0.1, 0.15) is 41.7 Å². The summed E-state index contributed by atoms with van der Waals surface area (Å²) in [6.45, 7) is 9.14. The summed E-state index contributed by atoms with van der Waals surface area (Å²) in [7, 11) is 0. The zero-order valence-electron chi connectivity index (χ0n) is 22.3. The van der Waals surface area contributed by atoms with Crippen LogP contribution in [0.15, 0.2) is 30.6 Å². The average molecular weight is 550 g/mol. The number of nitrogens with one attached hydrogen (secondary N) is 1. The smallest absolute Gasteiger partial charge is 0.274 e. The molecule has 1 amide bonds. The third-order valence-electron chi connectivity index (χ3n) is 8.88. The first kappa shape index (κ1) is 26.3. The monoisotopic (exact) mass is 549 g/mol. The fourth-order valence-corrected chi connectivity index (χ4v) is 6.93. The van der Waals surface area contributed by atoms with Crippen molar-refractivity contribution in [2.75, 3.05) is 63.8 Å². The predicted molar refractivity (Wildman–Crippen MR) is 149 cm³/mol. The molecule has 0 unspecified atom stereocenters. The molecule has 3 aliphatic heterocycles. The first-order valence-corrected chi connectivity index (χ1v) is 14.6. The Morgan fingerprint density at radius 3 is 2.46 bits per heavy atom. The summed E-state index contributed by atoms with van der Waals surface area (Å²) in [5.41, 5.74) is 0.871. The molecule has 1 aromatic heterocycles. The standard InChI is InChI=1S/C29H36ClN7O2/c30-26-13-24(2-1-21(26)14-31)39-25-11-22-18-37(19-23(22)12-25)29(38)27-15-34-28(16-33-27)36-7-3-20(4-8-36)17-35-9-5-32-6-10-35/h1-2,13,15-16,20,22-23,25,32H,3-12,17-19H2/t22-,23+,25-. The zero-order chi connectivity index (χ0) is 26.8. The number of nitriles is 1. The number of amides is 1. The van der Waals surface area contributed by atoms with Crippen molar-refractivity contribution in [1.82, 2.24) is 25.1 Å². The van der Waals surface area contributed by atoms with Crippen LogP contribution < -0.4 is 15.0 Å². The second kappa shape index (κ2) is 11.7. The molecule has 3 saturated heterocycles. The highest BCUT2D eigenvalue weighted by molar-refractivity contribution is 6.31. The number of benzene rings is 1. The van der Waals surface area contributed by atoms with Crippen LogP contribution >= 0.6 is 11.6 Å². The van der Waals surface area contributed by atoms with Gasteiger partial charge in [0.1, 0.15) is 23.3 Å². The van der Waals surface area contributed by atoms with Gasteiger partial charge < -0.3 is 24.8 Å². The quantitative estimate of drug-likeness (QED) is 0.587. The van der Waals surface area contributed by atoms with Crippen LogP contribution in [0.2, 0.25) is 5.02 Å². The molecule has 1 aliphatic carbocycles. The Morgan fingerprint density at radius 1 is 1.08 bits per heavy atom. The normalized spacial score (nSPS) is 25.9. The van der Waals surface area contributed by atoms with E-state index in [4.69, 9.17) is 21.6 Å². The summed E-state index contributed by atoms with van der Waals surface area (Å²) < 4.78 is 6.16. The summed E-state index contributed by atoms with van der Waals surface area (Å²) in [5, 5.41) is 12.9. The number of rotatable bonds is 6. The van der Waals surface area contributed by atoms with E-state index in [1.54, 1.807) is 30.6 Å². The minimum absolute atomic E-state index is 0.0329. The van der Waals surface area contributed by atoms with Gasteiger partial charge in [0.05, 0.1) is 29.1 Å². The third-order valence-corrected chi connectivity index (χ3v) is 9.19. The average Bonchev–Trinajstić information content (AvgIpc) is 3.53. The summed E-state index contributed by atoms with van der Waals surface area (Å²) in [4.78, 5) is 29.2. The molecule has 1 aromatic carbocycles. The molecule has 10 heteroatoms. The van der Waals surface area contributed by atoms with E-state index in [1.165, 1.54) is 19.4 Å². The molecule has 0 bridgehead atoms. The maximum Gasteiger partial charge on any atom is 0.274 e. The summed E-state index contributed by atoms with van der Waals surface area (Å²) >= 11 is 6.15. The van der Waals surface area contributed by atoms with E-state index < -0.39 is 0 Å². The van der Waals surface area contributed by atoms with Gasteiger partial charge in [-0.3, -0.25) is 4.79 Å². The first-order chi connectivity index (χ1) is 19.1. The van der Waals surface area contributed by atoms with Crippen molar-refractivity contribution in [3.8, 4) is 11.8 Å². The van der Waals surface area contributed by atoms with Crippen LogP contribution in [0, 0.1) is 29.1 Å². The lowest BCUT2D eigenvalue weighted by atomic mass is 9.96. The highest BCUT2D eigenvalue weighted by Gasteiger charge is 2.43. The molecule has 2 aromatic rings. The Kier molecular flexibility index (Phi) is 7.87. The number of hydrogen-bond donors (Lipinski definition) is 1. The number of carbonyl (C=O) groups excluding carboxylic acids is 1.